The van der Waals surface area contributed by atoms with Crippen molar-refractivity contribution in [3.63, 3.8) is 0 Å². The van der Waals surface area contributed by atoms with Crippen LogP contribution >= 0.6 is 11.8 Å². The molecule has 0 N–H and O–H groups in total. The molecule has 0 saturated carbocycles. The normalized spacial score (nSPS) is 23.8. The van der Waals surface area contributed by atoms with Gasteiger partial charge in [-0.05, 0) is 24.1 Å². The Balaban J connectivity index is 1.66. The Morgan fingerprint density at radius 1 is 1.06 bits per heavy atom. The summed E-state index contributed by atoms with van der Waals surface area (Å²) in [6.07, 6.45) is -4.06. The van der Waals surface area contributed by atoms with E-state index in [1.807, 2.05) is 30.3 Å². The lowest BCUT2D eigenvalue weighted by molar-refractivity contribution is -0.137. The van der Waals surface area contributed by atoms with Crippen LogP contribution in [0.5, 0.6) is 0 Å². The molecule has 0 spiro atoms. The molecule has 2 aliphatic rings. The predicted molar refractivity (Wildman–Crippen MR) is 115 cm³/mol. The second kappa shape index (κ2) is 8.31. The molecule has 2 fully saturated rings. The average molecular weight is 469 g/mol. The Bertz CT molecular complexity index is 1120. The number of benzene rings is 2. The Morgan fingerprint density at radius 2 is 1.74 bits per heavy atom. The molecule has 2 heterocycles. The molecule has 2 aromatic rings. The first-order chi connectivity index (χ1) is 14.6. The number of sulfone groups is 1. The van der Waals surface area contributed by atoms with Crippen molar-refractivity contribution >= 4 is 38.4 Å². The number of alkyl halides is 3. The lowest BCUT2D eigenvalue weighted by atomic mass is 10.1. The summed E-state index contributed by atoms with van der Waals surface area (Å²) in [7, 11) is -3.38. The van der Waals surface area contributed by atoms with Gasteiger partial charge in [-0.15, -0.1) is 0 Å². The first-order valence-corrected chi connectivity index (χ1v) is 12.3. The zero-order valence-electron chi connectivity index (χ0n) is 16.2. The minimum atomic E-state index is -4.63. The fourth-order valence-corrected chi connectivity index (χ4v) is 7.75. The van der Waals surface area contributed by atoms with E-state index in [9.17, 15) is 26.4 Å². The Hall–Kier alpha value is -2.33. The number of carbonyl (C=O) groups excluding carboxylic acids is 1. The third-order valence-electron chi connectivity index (χ3n) is 5.23. The number of fused-ring (bicyclic) bond motifs is 1. The van der Waals surface area contributed by atoms with E-state index < -0.39 is 38.8 Å². The van der Waals surface area contributed by atoms with Crippen LogP contribution in [0.3, 0.4) is 0 Å². The third-order valence-corrected chi connectivity index (χ3v) is 8.44. The molecule has 2 atom stereocenters. The Morgan fingerprint density at radius 3 is 2.45 bits per heavy atom. The van der Waals surface area contributed by atoms with Gasteiger partial charge in [0.2, 0.25) is 5.91 Å². The molecule has 2 aliphatic heterocycles. The van der Waals surface area contributed by atoms with E-state index in [4.69, 9.17) is 0 Å². The highest BCUT2D eigenvalue weighted by Gasteiger charge is 2.51. The van der Waals surface area contributed by atoms with Gasteiger partial charge in [0.05, 0.1) is 28.8 Å². The molecule has 10 heteroatoms. The number of aliphatic imine (C=N–C) groups is 1. The van der Waals surface area contributed by atoms with Crippen LogP contribution < -0.4 is 4.90 Å². The quantitative estimate of drug-likeness (QED) is 0.680. The van der Waals surface area contributed by atoms with E-state index in [0.717, 1.165) is 23.4 Å². The molecular formula is C21H19F3N2O3S2. The molecule has 0 bridgehead atoms. The number of halogens is 3. The number of nitrogens with zero attached hydrogens (tertiary/aromatic N) is 2. The van der Waals surface area contributed by atoms with Crippen molar-refractivity contribution in [2.75, 3.05) is 16.4 Å². The van der Waals surface area contributed by atoms with Crippen molar-refractivity contribution in [3.05, 3.63) is 65.7 Å². The molecule has 2 aromatic carbocycles. The summed E-state index contributed by atoms with van der Waals surface area (Å²) in [5, 5.41) is -0.341. The van der Waals surface area contributed by atoms with E-state index in [-0.39, 0.29) is 28.8 Å². The summed E-state index contributed by atoms with van der Waals surface area (Å²) in [4.78, 5) is 17.9. The molecule has 0 aromatic heterocycles. The van der Waals surface area contributed by atoms with Crippen molar-refractivity contribution in [1.82, 2.24) is 0 Å². The second-order valence-corrected chi connectivity index (χ2v) is 10.8. The molecule has 31 heavy (non-hydrogen) atoms. The van der Waals surface area contributed by atoms with Crippen molar-refractivity contribution in [3.8, 4) is 0 Å². The van der Waals surface area contributed by atoms with Crippen LogP contribution in [-0.2, 0) is 27.2 Å². The first kappa shape index (κ1) is 21.9. The molecule has 0 radical (unpaired) electrons. The zero-order valence-corrected chi connectivity index (χ0v) is 17.9. The fourth-order valence-electron chi connectivity index (χ4n) is 3.83. The number of para-hydroxylation sites is 1. The molecule has 5 nitrogen and oxygen atoms in total. The number of hydrogen-bond donors (Lipinski definition) is 0. The standard InChI is InChI=1S/C21H19F3N2O3S2/c22-21(23,24)15-8-4-5-9-16(15)26-17-12-31(28,29)13-18(17)30-20(26)25-19(27)11-10-14-6-2-1-3-7-14/h1-9,17-18H,10-13H2. The largest absolute Gasteiger partial charge is 0.418 e. The van der Waals surface area contributed by atoms with Gasteiger partial charge in [0.1, 0.15) is 0 Å². The van der Waals surface area contributed by atoms with Crippen LogP contribution in [-0.4, -0.2) is 42.3 Å². The van der Waals surface area contributed by atoms with Crippen LogP contribution in [0, 0.1) is 0 Å². The Kier molecular flexibility index (Phi) is 5.87. The van der Waals surface area contributed by atoms with Crippen LogP contribution in [0.25, 0.3) is 0 Å². The minimum Gasteiger partial charge on any atom is -0.315 e. The van der Waals surface area contributed by atoms with E-state index >= 15 is 0 Å². The third kappa shape index (κ3) is 4.79. The summed E-state index contributed by atoms with van der Waals surface area (Å²) in [5.41, 5.74) is -0.107. The smallest absolute Gasteiger partial charge is 0.315 e. The van der Waals surface area contributed by atoms with Crippen LogP contribution in [0.4, 0.5) is 18.9 Å². The summed E-state index contributed by atoms with van der Waals surface area (Å²) in [6.45, 7) is 0. The van der Waals surface area contributed by atoms with E-state index in [1.54, 1.807) is 0 Å². The van der Waals surface area contributed by atoms with E-state index in [2.05, 4.69) is 4.99 Å². The van der Waals surface area contributed by atoms with Crippen molar-refractivity contribution in [2.45, 2.75) is 30.3 Å². The summed E-state index contributed by atoms with van der Waals surface area (Å²) in [6, 6.07) is 13.6. The molecule has 164 valence electrons. The van der Waals surface area contributed by atoms with Gasteiger partial charge >= 0.3 is 6.18 Å². The number of rotatable bonds is 4. The number of hydrogen-bond acceptors (Lipinski definition) is 4. The maximum absolute atomic E-state index is 13.6. The monoisotopic (exact) mass is 468 g/mol. The van der Waals surface area contributed by atoms with Gasteiger partial charge in [-0.25, -0.2) is 8.42 Å². The average Bonchev–Trinajstić information content (AvgIpc) is 3.17. The van der Waals surface area contributed by atoms with E-state index in [0.29, 0.717) is 6.42 Å². The van der Waals surface area contributed by atoms with Gasteiger partial charge in [0.25, 0.3) is 0 Å². The predicted octanol–water partition coefficient (Wildman–Crippen LogP) is 3.94. The molecule has 2 unspecified atom stereocenters. The first-order valence-electron chi connectivity index (χ1n) is 9.62. The molecular weight excluding hydrogens is 449 g/mol. The molecule has 4 rings (SSSR count). The van der Waals surface area contributed by atoms with Crippen LogP contribution in [0.15, 0.2) is 59.6 Å². The second-order valence-electron chi connectivity index (χ2n) is 7.46. The number of carbonyl (C=O) groups is 1. The van der Waals surface area contributed by atoms with Crippen LogP contribution in [0.2, 0.25) is 0 Å². The van der Waals surface area contributed by atoms with Gasteiger partial charge in [-0.2, -0.15) is 18.2 Å². The Labute approximate surface area is 182 Å². The van der Waals surface area contributed by atoms with Crippen molar-refractivity contribution in [2.24, 2.45) is 4.99 Å². The highest BCUT2D eigenvalue weighted by atomic mass is 32.2. The fraction of sp³-hybridized carbons (Fsp3) is 0.333. The summed E-state index contributed by atoms with van der Waals surface area (Å²) in [5.74, 6) is -0.873. The minimum absolute atomic E-state index is 0.108. The number of amidine groups is 1. The molecule has 0 aliphatic carbocycles. The van der Waals surface area contributed by atoms with Gasteiger partial charge < -0.3 is 4.90 Å². The summed E-state index contributed by atoms with van der Waals surface area (Å²) >= 11 is 1.06. The lowest BCUT2D eigenvalue weighted by Gasteiger charge is -2.27. The van der Waals surface area contributed by atoms with Crippen LogP contribution in [0.1, 0.15) is 17.5 Å². The zero-order chi connectivity index (χ0) is 22.2. The maximum Gasteiger partial charge on any atom is 0.418 e. The summed E-state index contributed by atoms with van der Waals surface area (Å²) < 4.78 is 65.2. The highest BCUT2D eigenvalue weighted by molar-refractivity contribution is 8.16. The number of aryl methyl sites for hydroxylation is 1. The maximum atomic E-state index is 13.6. The van der Waals surface area contributed by atoms with Gasteiger partial charge in [-0.3, -0.25) is 4.79 Å². The number of anilines is 1. The van der Waals surface area contributed by atoms with Crippen molar-refractivity contribution < 1.29 is 26.4 Å². The number of thioether (sulfide) groups is 1. The van der Waals surface area contributed by atoms with Gasteiger partial charge in [-0.1, -0.05) is 54.2 Å². The molecule has 2 saturated heterocycles. The lowest BCUT2D eigenvalue weighted by Crippen LogP contribution is -2.39. The van der Waals surface area contributed by atoms with E-state index in [1.165, 1.54) is 23.1 Å². The number of amides is 1. The SMILES string of the molecule is O=C(CCc1ccccc1)N=C1SC2CS(=O)(=O)CC2N1c1ccccc1C(F)(F)F. The highest BCUT2D eigenvalue weighted by Crippen LogP contribution is 2.45. The van der Waals surface area contributed by atoms with Gasteiger partial charge in [0.15, 0.2) is 15.0 Å². The molecule has 1 amide bonds. The van der Waals surface area contributed by atoms with Crippen molar-refractivity contribution in [1.29, 1.82) is 0 Å². The van der Waals surface area contributed by atoms with Gasteiger partial charge in [0, 0.05) is 11.7 Å². The topological polar surface area (TPSA) is 66.8 Å².